The van der Waals surface area contributed by atoms with Gasteiger partial charge in [0.1, 0.15) is 10.7 Å². The van der Waals surface area contributed by atoms with Gasteiger partial charge in [-0.25, -0.2) is 4.98 Å². The van der Waals surface area contributed by atoms with Crippen LogP contribution in [0.5, 0.6) is 11.5 Å². The summed E-state index contributed by atoms with van der Waals surface area (Å²) in [5, 5.41) is 11.7. The summed E-state index contributed by atoms with van der Waals surface area (Å²) in [5.74, 6) is 0.590. The van der Waals surface area contributed by atoms with Crippen molar-refractivity contribution in [1.82, 2.24) is 4.98 Å². The lowest BCUT2D eigenvalue weighted by atomic mass is 10.2. The Morgan fingerprint density at radius 3 is 2.96 bits per heavy atom. The van der Waals surface area contributed by atoms with Gasteiger partial charge in [0.25, 0.3) is 0 Å². The minimum atomic E-state index is -0.339. The molecule has 1 aromatic carbocycles. The van der Waals surface area contributed by atoms with Crippen LogP contribution in [0, 0.1) is 11.3 Å². The second-order valence-electron chi connectivity index (χ2n) is 4.67. The Labute approximate surface area is 158 Å². The molecule has 0 aliphatic carbocycles. The Bertz CT molecular complexity index is 850. The first-order valence-electron chi connectivity index (χ1n) is 7.01. The number of hydrogen-bond donors (Lipinski definition) is 1. The van der Waals surface area contributed by atoms with Crippen molar-refractivity contribution < 1.29 is 14.3 Å². The molecule has 0 aliphatic rings. The Hall–Kier alpha value is -2.56. The summed E-state index contributed by atoms with van der Waals surface area (Å²) >= 11 is 9.10. The molecule has 0 spiro atoms. The lowest BCUT2D eigenvalue weighted by Crippen LogP contribution is -2.08. The van der Waals surface area contributed by atoms with E-state index in [1.165, 1.54) is 19.4 Å². The van der Waals surface area contributed by atoms with Gasteiger partial charge in [0.05, 0.1) is 17.8 Å². The van der Waals surface area contributed by atoms with Gasteiger partial charge in [-0.3, -0.25) is 4.79 Å². The number of nitriles is 1. The number of amides is 1. The number of nitrogens with zero attached hydrogens (tertiary/aromatic N) is 2. The topological polar surface area (TPSA) is 84.2 Å². The summed E-state index contributed by atoms with van der Waals surface area (Å²) in [4.78, 5) is 16.0. The maximum atomic E-state index is 12.0. The molecule has 2 aromatic rings. The van der Waals surface area contributed by atoms with E-state index in [9.17, 15) is 4.79 Å². The first-order valence-corrected chi connectivity index (χ1v) is 8.18. The molecule has 2 rings (SSSR count). The first kappa shape index (κ1) is 18.8. The molecule has 1 N–H and O–H groups in total. The van der Waals surface area contributed by atoms with Gasteiger partial charge in [-0.2, -0.15) is 5.26 Å². The zero-order valence-electron chi connectivity index (χ0n) is 13.1. The number of anilines is 1. The summed E-state index contributed by atoms with van der Waals surface area (Å²) in [6.45, 7) is -0.0729. The van der Waals surface area contributed by atoms with E-state index in [2.05, 4.69) is 26.2 Å². The van der Waals surface area contributed by atoms with E-state index in [-0.39, 0.29) is 12.5 Å². The molecule has 25 heavy (non-hydrogen) atoms. The molecule has 0 aliphatic heterocycles. The molecule has 0 bridgehead atoms. The van der Waals surface area contributed by atoms with Crippen LogP contribution >= 0.6 is 27.5 Å². The molecule has 1 heterocycles. The van der Waals surface area contributed by atoms with Crippen molar-refractivity contribution in [3.8, 4) is 17.6 Å². The Morgan fingerprint density at radius 2 is 2.24 bits per heavy atom. The maximum absolute atomic E-state index is 12.0. The van der Waals surface area contributed by atoms with E-state index in [1.54, 1.807) is 30.3 Å². The quantitative estimate of drug-likeness (QED) is 0.560. The fourth-order valence-corrected chi connectivity index (χ4v) is 2.35. The second-order valence-corrected chi connectivity index (χ2v) is 5.86. The highest BCUT2D eigenvalue weighted by Gasteiger charge is 2.07. The highest BCUT2D eigenvalue weighted by molar-refractivity contribution is 9.10. The van der Waals surface area contributed by atoms with Crippen molar-refractivity contribution in [2.24, 2.45) is 0 Å². The minimum Gasteiger partial charge on any atom is -0.493 e. The number of carbonyl (C=O) groups excluding carboxylic acids is 1. The molecule has 8 heteroatoms. The molecule has 1 amide bonds. The zero-order valence-corrected chi connectivity index (χ0v) is 15.5. The normalized spacial score (nSPS) is 10.3. The zero-order chi connectivity index (χ0) is 18.2. The van der Waals surface area contributed by atoms with Crippen molar-refractivity contribution in [2.45, 2.75) is 0 Å². The molecular formula is C17H13BrClN3O3. The molecule has 0 atom stereocenters. The van der Waals surface area contributed by atoms with Crippen molar-refractivity contribution in [3.63, 3.8) is 0 Å². The smallest absolute Gasteiger partial charge is 0.248 e. The van der Waals surface area contributed by atoms with Crippen LogP contribution in [0.4, 0.5) is 5.69 Å². The Kier molecular flexibility index (Phi) is 6.81. The third kappa shape index (κ3) is 5.48. The van der Waals surface area contributed by atoms with Crippen LogP contribution < -0.4 is 14.8 Å². The Balaban J connectivity index is 2.09. The number of nitrogens with one attached hydrogen (secondary N) is 1. The Morgan fingerprint density at radius 1 is 1.44 bits per heavy atom. The van der Waals surface area contributed by atoms with Crippen LogP contribution in [-0.4, -0.2) is 24.6 Å². The molecular weight excluding hydrogens is 410 g/mol. The van der Waals surface area contributed by atoms with Crippen molar-refractivity contribution in [3.05, 3.63) is 51.7 Å². The minimum absolute atomic E-state index is 0.0729. The van der Waals surface area contributed by atoms with Crippen molar-refractivity contribution in [1.29, 1.82) is 5.26 Å². The molecule has 0 saturated heterocycles. The number of pyridine rings is 1. The van der Waals surface area contributed by atoms with Gasteiger partial charge in [0.15, 0.2) is 18.1 Å². The van der Waals surface area contributed by atoms with Crippen LogP contribution in [0.15, 0.2) is 41.1 Å². The maximum Gasteiger partial charge on any atom is 0.248 e. The van der Waals surface area contributed by atoms with Gasteiger partial charge in [-0.1, -0.05) is 17.7 Å². The van der Waals surface area contributed by atoms with E-state index in [0.717, 1.165) is 5.56 Å². The second kappa shape index (κ2) is 9.06. The molecule has 0 radical (unpaired) electrons. The van der Waals surface area contributed by atoms with Gasteiger partial charge < -0.3 is 14.8 Å². The average molecular weight is 423 g/mol. The summed E-state index contributed by atoms with van der Waals surface area (Å²) in [5.41, 5.74) is 1.21. The average Bonchev–Trinajstić information content (AvgIpc) is 2.61. The van der Waals surface area contributed by atoms with Crippen molar-refractivity contribution >= 4 is 45.2 Å². The fraction of sp³-hybridized carbons (Fsp3) is 0.118. The van der Waals surface area contributed by atoms with Crippen molar-refractivity contribution in [2.75, 3.05) is 19.0 Å². The lowest BCUT2D eigenvalue weighted by Gasteiger charge is -2.09. The van der Waals surface area contributed by atoms with Crippen LogP contribution in [0.1, 0.15) is 5.56 Å². The summed E-state index contributed by atoms with van der Waals surface area (Å²) in [6, 6.07) is 8.60. The van der Waals surface area contributed by atoms with Crippen LogP contribution in [0.2, 0.25) is 5.02 Å². The van der Waals surface area contributed by atoms with E-state index < -0.39 is 0 Å². The predicted octanol–water partition coefficient (Wildman–Crippen LogP) is 4.06. The third-order valence-electron chi connectivity index (χ3n) is 2.97. The molecule has 0 fully saturated rings. The van der Waals surface area contributed by atoms with E-state index in [0.29, 0.717) is 26.8 Å². The number of hydrogen-bond acceptors (Lipinski definition) is 5. The molecule has 0 saturated carbocycles. The van der Waals surface area contributed by atoms with Crippen LogP contribution in [-0.2, 0) is 4.79 Å². The molecule has 6 nitrogen and oxygen atoms in total. The number of benzene rings is 1. The first-order chi connectivity index (χ1) is 12.0. The number of methoxy groups -OCH3 is 1. The predicted molar refractivity (Wildman–Crippen MR) is 98.7 cm³/mol. The SMILES string of the molecule is COc1cc(C=CC(=O)Nc2cc(Cl)cnc2Br)ccc1OCC#N. The highest BCUT2D eigenvalue weighted by atomic mass is 79.9. The monoisotopic (exact) mass is 421 g/mol. The summed E-state index contributed by atoms with van der Waals surface area (Å²) in [6.07, 6.45) is 4.47. The van der Waals surface area contributed by atoms with E-state index in [1.807, 2.05) is 6.07 Å². The largest absolute Gasteiger partial charge is 0.493 e. The number of carbonyl (C=O) groups is 1. The third-order valence-corrected chi connectivity index (χ3v) is 3.81. The summed E-state index contributed by atoms with van der Waals surface area (Å²) < 4.78 is 10.9. The fourth-order valence-electron chi connectivity index (χ4n) is 1.87. The molecule has 128 valence electrons. The number of halogens is 2. The molecule has 1 aromatic heterocycles. The standard InChI is InChI=1S/C17H13BrClN3O3/c1-24-15-8-11(2-4-14(15)25-7-6-20)3-5-16(23)22-13-9-12(19)10-21-17(13)18/h2-5,8-10H,7H2,1H3,(H,22,23). The van der Waals surface area contributed by atoms with E-state index in [4.69, 9.17) is 26.3 Å². The van der Waals surface area contributed by atoms with E-state index >= 15 is 0 Å². The van der Waals surface area contributed by atoms with Crippen LogP contribution in [0.3, 0.4) is 0 Å². The lowest BCUT2D eigenvalue weighted by molar-refractivity contribution is -0.111. The van der Waals surface area contributed by atoms with Gasteiger partial charge >= 0.3 is 0 Å². The van der Waals surface area contributed by atoms with Crippen LogP contribution in [0.25, 0.3) is 6.08 Å². The van der Waals surface area contributed by atoms with Gasteiger partial charge in [0.2, 0.25) is 5.91 Å². The number of ether oxygens (including phenoxy) is 2. The van der Waals surface area contributed by atoms with Gasteiger partial charge in [-0.15, -0.1) is 0 Å². The highest BCUT2D eigenvalue weighted by Crippen LogP contribution is 2.28. The summed E-state index contributed by atoms with van der Waals surface area (Å²) in [7, 11) is 1.50. The number of aromatic nitrogens is 1. The van der Waals surface area contributed by atoms with Gasteiger partial charge in [0, 0.05) is 12.3 Å². The van der Waals surface area contributed by atoms with Gasteiger partial charge in [-0.05, 0) is 45.8 Å². The number of rotatable bonds is 6. The molecule has 0 unspecified atom stereocenters.